The van der Waals surface area contributed by atoms with Crippen molar-refractivity contribution < 1.29 is 19.7 Å². The van der Waals surface area contributed by atoms with Crippen molar-refractivity contribution in [2.45, 2.75) is 70.8 Å². The molecule has 3 rings (SSSR count). The Balaban J connectivity index is 2.10. The van der Waals surface area contributed by atoms with E-state index in [4.69, 9.17) is 4.74 Å². The molecule has 4 heteroatoms. The highest BCUT2D eigenvalue weighted by molar-refractivity contribution is 5.94. The average molecular weight is 370 g/mol. The van der Waals surface area contributed by atoms with Crippen LogP contribution in [0.25, 0.3) is 0 Å². The quantitative estimate of drug-likeness (QED) is 0.505. The second-order valence-electron chi connectivity index (χ2n) is 8.40. The fourth-order valence-corrected chi connectivity index (χ4v) is 4.65. The maximum atomic E-state index is 11.9. The van der Waals surface area contributed by atoms with Crippen LogP contribution in [0.15, 0.2) is 30.4 Å². The molecule has 0 amide bonds. The number of fused-ring (bicyclic) bond motifs is 3. The molecule has 2 atom stereocenters. The Kier molecular flexibility index (Phi) is 5.36. The molecule has 2 aliphatic rings. The second kappa shape index (κ2) is 7.41. The zero-order valence-corrected chi connectivity index (χ0v) is 16.5. The van der Waals surface area contributed by atoms with Gasteiger partial charge in [0.05, 0.1) is 0 Å². The fourth-order valence-electron chi connectivity index (χ4n) is 4.65. The summed E-state index contributed by atoms with van der Waals surface area (Å²) in [5, 5.41) is 20.7. The first kappa shape index (κ1) is 19.5. The van der Waals surface area contributed by atoms with E-state index in [-0.39, 0.29) is 28.7 Å². The van der Waals surface area contributed by atoms with Gasteiger partial charge in [0.2, 0.25) is 0 Å². The van der Waals surface area contributed by atoms with Crippen LogP contribution >= 0.6 is 0 Å². The predicted molar refractivity (Wildman–Crippen MR) is 107 cm³/mol. The molecule has 0 spiro atoms. The molecule has 4 nitrogen and oxygen atoms in total. The zero-order valence-electron chi connectivity index (χ0n) is 16.5. The van der Waals surface area contributed by atoms with Gasteiger partial charge in [0.1, 0.15) is 22.7 Å². The van der Waals surface area contributed by atoms with Gasteiger partial charge in [-0.2, -0.15) is 0 Å². The molecular weight excluding hydrogens is 340 g/mol. The lowest BCUT2D eigenvalue weighted by Crippen LogP contribution is -2.45. The van der Waals surface area contributed by atoms with Crippen LogP contribution in [0.2, 0.25) is 0 Å². The van der Waals surface area contributed by atoms with Gasteiger partial charge in [-0.05, 0) is 70.9 Å². The summed E-state index contributed by atoms with van der Waals surface area (Å²) in [6.07, 6.45) is 9.33. The Morgan fingerprint density at radius 2 is 2.15 bits per heavy atom. The normalized spacial score (nSPS) is 22.9. The Bertz CT molecular complexity index is 788. The molecule has 1 aromatic rings. The van der Waals surface area contributed by atoms with Gasteiger partial charge in [-0.3, -0.25) is 0 Å². The maximum absolute atomic E-state index is 11.9. The molecule has 0 radical (unpaired) electrons. The van der Waals surface area contributed by atoms with Crippen molar-refractivity contribution in [2.75, 3.05) is 0 Å². The Labute approximate surface area is 161 Å². The number of carboxylic acids is 1. The van der Waals surface area contributed by atoms with Crippen molar-refractivity contribution >= 4 is 5.97 Å². The zero-order chi connectivity index (χ0) is 19.8. The van der Waals surface area contributed by atoms with E-state index in [9.17, 15) is 15.0 Å². The molecule has 2 unspecified atom stereocenters. The van der Waals surface area contributed by atoms with Crippen LogP contribution in [-0.4, -0.2) is 21.8 Å². The van der Waals surface area contributed by atoms with Gasteiger partial charge in [0.25, 0.3) is 0 Å². The molecule has 1 aliphatic carbocycles. The topological polar surface area (TPSA) is 66.8 Å². The standard InChI is InChI=1S/C23H30O4/c1-5-6-7-8-9-15-13-18-20(21(24)19(15)22(25)26)16-12-14(2)10-11-17(16)23(3,4)27-18/h5,12-13,16-17,24H,1,6-11H2,2-4H3,(H,25,26). The van der Waals surface area contributed by atoms with Crippen LogP contribution in [0.3, 0.4) is 0 Å². The van der Waals surface area contributed by atoms with E-state index in [0.29, 0.717) is 23.3 Å². The molecule has 0 saturated carbocycles. The minimum atomic E-state index is -1.08. The third-order valence-corrected chi connectivity index (χ3v) is 6.05. The van der Waals surface area contributed by atoms with Crippen LogP contribution in [0, 0.1) is 5.92 Å². The highest BCUT2D eigenvalue weighted by Crippen LogP contribution is 2.54. The van der Waals surface area contributed by atoms with E-state index in [0.717, 1.165) is 32.1 Å². The van der Waals surface area contributed by atoms with E-state index in [1.165, 1.54) is 5.57 Å². The number of aryl methyl sites for hydroxylation is 1. The molecule has 146 valence electrons. The third-order valence-electron chi connectivity index (χ3n) is 6.05. The smallest absolute Gasteiger partial charge is 0.339 e. The van der Waals surface area contributed by atoms with E-state index in [1.54, 1.807) is 0 Å². The third kappa shape index (κ3) is 3.62. The molecule has 1 aliphatic heterocycles. The number of rotatable bonds is 6. The summed E-state index contributed by atoms with van der Waals surface area (Å²) < 4.78 is 6.31. The minimum Gasteiger partial charge on any atom is -0.507 e. The van der Waals surface area contributed by atoms with Gasteiger partial charge >= 0.3 is 5.97 Å². The average Bonchev–Trinajstić information content (AvgIpc) is 2.57. The van der Waals surface area contributed by atoms with E-state index >= 15 is 0 Å². The number of hydrogen-bond acceptors (Lipinski definition) is 3. The highest BCUT2D eigenvalue weighted by Gasteiger charge is 2.46. The van der Waals surface area contributed by atoms with Gasteiger partial charge in [-0.1, -0.05) is 17.7 Å². The molecule has 1 heterocycles. The van der Waals surface area contributed by atoms with Gasteiger partial charge in [0.15, 0.2) is 0 Å². The van der Waals surface area contributed by atoms with E-state index < -0.39 is 5.97 Å². The van der Waals surface area contributed by atoms with Crippen LogP contribution in [-0.2, 0) is 6.42 Å². The number of hydrogen-bond donors (Lipinski definition) is 2. The summed E-state index contributed by atoms with van der Waals surface area (Å²) in [6, 6.07) is 1.85. The van der Waals surface area contributed by atoms with E-state index in [1.807, 2.05) is 12.1 Å². The summed E-state index contributed by atoms with van der Waals surface area (Å²) in [7, 11) is 0. The number of phenols is 1. The van der Waals surface area contributed by atoms with Crippen molar-refractivity contribution in [3.63, 3.8) is 0 Å². The monoisotopic (exact) mass is 370 g/mol. The minimum absolute atomic E-state index is 0.00887. The van der Waals surface area contributed by atoms with Crippen LogP contribution in [0.5, 0.6) is 11.5 Å². The van der Waals surface area contributed by atoms with Crippen LogP contribution in [0.1, 0.15) is 80.3 Å². The number of carboxylic acid groups (broad SMARTS) is 1. The Hall–Kier alpha value is -2.23. The lowest BCUT2D eigenvalue weighted by Gasteiger charge is -2.46. The Morgan fingerprint density at radius 3 is 2.81 bits per heavy atom. The SMILES string of the molecule is C=CCCCCc1cc2c(c(O)c1C(=O)O)C1C=C(C)CCC1C(C)(C)O2. The number of unbranched alkanes of at least 4 members (excludes halogenated alkanes) is 2. The summed E-state index contributed by atoms with van der Waals surface area (Å²) in [4.78, 5) is 11.9. The van der Waals surface area contributed by atoms with Gasteiger partial charge in [-0.25, -0.2) is 4.79 Å². The number of benzene rings is 1. The number of carbonyl (C=O) groups is 1. The van der Waals surface area contributed by atoms with Crippen LogP contribution < -0.4 is 4.74 Å². The van der Waals surface area contributed by atoms with Gasteiger partial charge in [-0.15, -0.1) is 6.58 Å². The molecule has 0 fully saturated rings. The number of aromatic hydroxyl groups is 1. The summed E-state index contributed by atoms with van der Waals surface area (Å²) >= 11 is 0. The summed E-state index contributed by atoms with van der Waals surface area (Å²) in [6.45, 7) is 10.0. The summed E-state index contributed by atoms with van der Waals surface area (Å²) in [5.41, 5.74) is 2.25. The van der Waals surface area contributed by atoms with Crippen molar-refractivity contribution in [3.8, 4) is 11.5 Å². The second-order valence-corrected chi connectivity index (χ2v) is 8.40. The van der Waals surface area contributed by atoms with Crippen molar-refractivity contribution in [2.24, 2.45) is 5.92 Å². The van der Waals surface area contributed by atoms with Gasteiger partial charge in [0, 0.05) is 17.4 Å². The van der Waals surface area contributed by atoms with Crippen molar-refractivity contribution in [3.05, 3.63) is 47.1 Å². The first-order valence-corrected chi connectivity index (χ1v) is 9.85. The lowest BCUT2D eigenvalue weighted by molar-refractivity contribution is 0.0106. The lowest BCUT2D eigenvalue weighted by atomic mass is 9.67. The molecule has 27 heavy (non-hydrogen) atoms. The Morgan fingerprint density at radius 1 is 1.41 bits per heavy atom. The first-order chi connectivity index (χ1) is 12.8. The molecule has 0 saturated heterocycles. The summed E-state index contributed by atoms with van der Waals surface area (Å²) in [5.74, 6) is -0.347. The van der Waals surface area contributed by atoms with Crippen molar-refractivity contribution in [1.82, 2.24) is 0 Å². The number of allylic oxidation sites excluding steroid dienone is 3. The number of aromatic carboxylic acids is 1. The maximum Gasteiger partial charge on any atom is 0.339 e. The number of ether oxygens (including phenoxy) is 1. The first-order valence-electron chi connectivity index (χ1n) is 9.85. The van der Waals surface area contributed by atoms with E-state index in [2.05, 4.69) is 33.4 Å². The highest BCUT2D eigenvalue weighted by atomic mass is 16.5. The van der Waals surface area contributed by atoms with Gasteiger partial charge < -0.3 is 14.9 Å². The fraction of sp³-hybridized carbons (Fsp3) is 0.522. The largest absolute Gasteiger partial charge is 0.507 e. The molecule has 1 aromatic carbocycles. The predicted octanol–water partition coefficient (Wildman–Crippen LogP) is 5.60. The molecule has 2 N–H and O–H groups in total. The molecule has 0 bridgehead atoms. The van der Waals surface area contributed by atoms with Crippen molar-refractivity contribution in [1.29, 1.82) is 0 Å². The molecule has 0 aromatic heterocycles. The van der Waals surface area contributed by atoms with Crippen LogP contribution in [0.4, 0.5) is 0 Å². The molecular formula is C23H30O4.